The maximum atomic E-state index is 13.3. The van der Waals surface area contributed by atoms with Crippen molar-refractivity contribution in [3.05, 3.63) is 40.5 Å². The summed E-state index contributed by atoms with van der Waals surface area (Å²) in [6.45, 7) is 1.49. The quantitative estimate of drug-likeness (QED) is 0.701. The van der Waals surface area contributed by atoms with Gasteiger partial charge < -0.3 is 9.88 Å². The third kappa shape index (κ3) is 3.23. The number of piperidine rings is 1. The Balaban J connectivity index is 1.62. The van der Waals surface area contributed by atoms with E-state index < -0.39 is 12.7 Å². The highest BCUT2D eigenvalue weighted by Gasteiger charge is 2.36. The first-order valence-electron chi connectivity index (χ1n) is 9.37. The SMILES string of the molecule is N#Cc1cnc2c3cc(CN4CC5CC(C4)N5)ccc3n(CC(F)(F)F)c2c1Cl. The van der Waals surface area contributed by atoms with Gasteiger partial charge in [0.05, 0.1) is 27.1 Å². The number of nitriles is 1. The molecule has 0 saturated carbocycles. The van der Waals surface area contributed by atoms with Crippen molar-refractivity contribution in [2.24, 2.45) is 0 Å². The molecule has 3 aliphatic heterocycles. The maximum absolute atomic E-state index is 13.3. The minimum atomic E-state index is -4.43. The van der Waals surface area contributed by atoms with Gasteiger partial charge >= 0.3 is 6.18 Å². The van der Waals surface area contributed by atoms with Crippen molar-refractivity contribution in [2.45, 2.75) is 37.8 Å². The molecule has 0 aliphatic carbocycles. The zero-order valence-electron chi connectivity index (χ0n) is 15.3. The van der Waals surface area contributed by atoms with Gasteiger partial charge in [-0.2, -0.15) is 18.4 Å². The van der Waals surface area contributed by atoms with Gasteiger partial charge in [-0.25, -0.2) is 0 Å². The zero-order valence-corrected chi connectivity index (χ0v) is 16.1. The summed E-state index contributed by atoms with van der Waals surface area (Å²) in [5, 5.41) is 13.3. The standard InChI is InChI=1S/C20H17ClF3N5/c21-17-12(5-25)6-26-18-15-3-11(7-28-8-13-4-14(9-28)27-13)1-2-16(15)29(19(17)18)10-20(22,23)24/h1-3,6,13-14,27H,4,7-10H2. The molecule has 5 nitrogen and oxygen atoms in total. The van der Waals surface area contributed by atoms with Crippen molar-refractivity contribution in [2.75, 3.05) is 13.1 Å². The van der Waals surface area contributed by atoms with Crippen molar-refractivity contribution in [1.82, 2.24) is 19.8 Å². The largest absolute Gasteiger partial charge is 0.406 e. The van der Waals surface area contributed by atoms with Gasteiger partial charge in [0, 0.05) is 43.3 Å². The lowest BCUT2D eigenvalue weighted by atomic mass is 9.91. The van der Waals surface area contributed by atoms with E-state index in [4.69, 9.17) is 11.6 Å². The number of halogens is 4. The fourth-order valence-corrected chi connectivity index (χ4v) is 4.84. The molecular formula is C20H17ClF3N5. The third-order valence-corrected chi connectivity index (χ3v) is 6.11. The molecule has 2 atom stereocenters. The highest BCUT2D eigenvalue weighted by molar-refractivity contribution is 6.37. The van der Waals surface area contributed by atoms with Crippen LogP contribution in [0.1, 0.15) is 17.5 Å². The highest BCUT2D eigenvalue weighted by atomic mass is 35.5. The predicted molar refractivity (Wildman–Crippen MR) is 104 cm³/mol. The normalized spacial score (nSPS) is 22.0. The van der Waals surface area contributed by atoms with Crippen LogP contribution in [0.4, 0.5) is 13.2 Å². The third-order valence-electron chi connectivity index (χ3n) is 5.73. The fourth-order valence-electron chi connectivity index (χ4n) is 4.56. The lowest BCUT2D eigenvalue weighted by Gasteiger charge is -2.48. The lowest BCUT2D eigenvalue weighted by Crippen LogP contribution is -2.66. The van der Waals surface area contributed by atoms with E-state index in [1.807, 2.05) is 18.2 Å². The lowest BCUT2D eigenvalue weighted by molar-refractivity contribution is -0.139. The minimum Gasteiger partial charge on any atom is -0.329 e. The van der Waals surface area contributed by atoms with Crippen LogP contribution in [0.3, 0.4) is 0 Å². The van der Waals surface area contributed by atoms with Gasteiger partial charge in [-0.1, -0.05) is 17.7 Å². The second kappa shape index (κ2) is 6.59. The Morgan fingerprint density at radius 3 is 2.66 bits per heavy atom. The summed E-state index contributed by atoms with van der Waals surface area (Å²) in [5.41, 5.74) is 2.03. The molecule has 0 spiro atoms. The molecule has 1 aromatic carbocycles. The number of benzene rings is 1. The number of fused-ring (bicyclic) bond motifs is 5. The van der Waals surface area contributed by atoms with E-state index in [-0.39, 0.29) is 16.1 Å². The molecule has 2 aromatic heterocycles. The zero-order chi connectivity index (χ0) is 20.3. The molecule has 3 aliphatic rings. The molecule has 3 fully saturated rings. The number of hydrogen-bond acceptors (Lipinski definition) is 4. The van der Waals surface area contributed by atoms with Crippen molar-refractivity contribution < 1.29 is 13.2 Å². The number of aromatic nitrogens is 2. The molecule has 2 bridgehead atoms. The van der Waals surface area contributed by atoms with Crippen LogP contribution in [-0.4, -0.2) is 45.8 Å². The van der Waals surface area contributed by atoms with Crippen LogP contribution in [0.15, 0.2) is 24.4 Å². The molecule has 0 amide bonds. The van der Waals surface area contributed by atoms with E-state index in [0.29, 0.717) is 28.5 Å². The Kier molecular flexibility index (Phi) is 4.24. The summed E-state index contributed by atoms with van der Waals surface area (Å²) in [5.74, 6) is 0. The fraction of sp³-hybridized carbons (Fsp3) is 0.400. The molecule has 3 saturated heterocycles. The van der Waals surface area contributed by atoms with E-state index in [1.54, 1.807) is 6.07 Å². The molecule has 150 valence electrons. The van der Waals surface area contributed by atoms with Crippen LogP contribution in [0.25, 0.3) is 21.9 Å². The van der Waals surface area contributed by atoms with Crippen LogP contribution in [0, 0.1) is 11.3 Å². The summed E-state index contributed by atoms with van der Waals surface area (Å²) in [6.07, 6.45) is -1.89. The number of pyridine rings is 1. The van der Waals surface area contributed by atoms with Crippen LogP contribution >= 0.6 is 11.6 Å². The van der Waals surface area contributed by atoms with Gasteiger partial charge in [-0.05, 0) is 24.1 Å². The first-order chi connectivity index (χ1) is 13.8. The summed E-state index contributed by atoms with van der Waals surface area (Å²) in [6, 6.07) is 8.43. The van der Waals surface area contributed by atoms with Gasteiger partial charge in [0.25, 0.3) is 0 Å². The second-order valence-electron chi connectivity index (χ2n) is 7.84. The number of nitrogens with zero attached hydrogens (tertiary/aromatic N) is 4. The Labute approximate surface area is 169 Å². The molecule has 0 radical (unpaired) electrons. The Morgan fingerprint density at radius 2 is 2.00 bits per heavy atom. The molecule has 1 N–H and O–H groups in total. The first kappa shape index (κ1) is 18.7. The van der Waals surface area contributed by atoms with E-state index in [2.05, 4.69) is 15.2 Å². The summed E-state index contributed by atoms with van der Waals surface area (Å²) in [7, 11) is 0. The molecule has 5 heterocycles. The molecule has 3 aromatic rings. The molecule has 2 unspecified atom stereocenters. The van der Waals surface area contributed by atoms with Crippen LogP contribution in [0.2, 0.25) is 5.02 Å². The number of nitrogens with one attached hydrogen (secondary N) is 1. The molecule has 6 rings (SSSR count). The average molecular weight is 420 g/mol. The van der Waals surface area contributed by atoms with Gasteiger partial charge in [-0.15, -0.1) is 0 Å². The average Bonchev–Trinajstić information content (AvgIpc) is 2.94. The molecular weight excluding hydrogens is 403 g/mol. The number of alkyl halides is 3. The summed E-state index contributed by atoms with van der Waals surface area (Å²) < 4.78 is 40.9. The Hall–Kier alpha value is -2.34. The van der Waals surface area contributed by atoms with Gasteiger partial charge in [0.15, 0.2) is 0 Å². The predicted octanol–water partition coefficient (Wildman–Crippen LogP) is 3.82. The minimum absolute atomic E-state index is 0.00157. The number of rotatable bonds is 3. The van der Waals surface area contributed by atoms with Crippen LogP contribution in [-0.2, 0) is 13.1 Å². The van der Waals surface area contributed by atoms with Gasteiger partial charge in [0.2, 0.25) is 0 Å². The van der Waals surface area contributed by atoms with Crippen molar-refractivity contribution >= 4 is 33.5 Å². The van der Waals surface area contributed by atoms with E-state index >= 15 is 0 Å². The molecule has 9 heteroatoms. The van der Waals surface area contributed by atoms with Crippen molar-refractivity contribution in [1.29, 1.82) is 5.26 Å². The van der Waals surface area contributed by atoms with E-state index in [1.165, 1.54) is 12.6 Å². The van der Waals surface area contributed by atoms with E-state index in [0.717, 1.165) is 29.8 Å². The van der Waals surface area contributed by atoms with E-state index in [9.17, 15) is 18.4 Å². The van der Waals surface area contributed by atoms with Crippen LogP contribution < -0.4 is 5.32 Å². The highest BCUT2D eigenvalue weighted by Crippen LogP contribution is 2.36. The Bertz CT molecular complexity index is 1150. The second-order valence-corrected chi connectivity index (χ2v) is 8.22. The number of piperazine rings is 1. The topological polar surface area (TPSA) is 56.9 Å². The molecule has 29 heavy (non-hydrogen) atoms. The maximum Gasteiger partial charge on any atom is 0.406 e. The number of hydrogen-bond donors (Lipinski definition) is 1. The van der Waals surface area contributed by atoms with Crippen molar-refractivity contribution in [3.8, 4) is 6.07 Å². The van der Waals surface area contributed by atoms with Crippen molar-refractivity contribution in [3.63, 3.8) is 0 Å². The van der Waals surface area contributed by atoms with Gasteiger partial charge in [-0.3, -0.25) is 9.88 Å². The summed E-state index contributed by atoms with van der Waals surface area (Å²) in [4.78, 5) is 6.64. The monoisotopic (exact) mass is 419 g/mol. The first-order valence-corrected chi connectivity index (χ1v) is 9.75. The summed E-state index contributed by atoms with van der Waals surface area (Å²) >= 11 is 6.30. The van der Waals surface area contributed by atoms with Gasteiger partial charge in [0.1, 0.15) is 12.6 Å². The Morgan fingerprint density at radius 1 is 1.28 bits per heavy atom. The van der Waals surface area contributed by atoms with Crippen LogP contribution in [0.5, 0.6) is 0 Å². The smallest absolute Gasteiger partial charge is 0.329 e.